The highest BCUT2D eigenvalue weighted by Gasteiger charge is 2.23. The van der Waals surface area contributed by atoms with Crippen LogP contribution in [0.4, 0.5) is 10.5 Å². The van der Waals surface area contributed by atoms with Crippen molar-refractivity contribution in [2.45, 2.75) is 25.3 Å². The van der Waals surface area contributed by atoms with Crippen LogP contribution in [0.3, 0.4) is 0 Å². The molecule has 7 heteroatoms. The lowest BCUT2D eigenvalue weighted by atomic mass is 10.1. The van der Waals surface area contributed by atoms with E-state index >= 15 is 0 Å². The third-order valence-corrected chi connectivity index (χ3v) is 4.07. The number of piperidine rings is 1. The van der Waals surface area contributed by atoms with Crippen LogP contribution in [0.5, 0.6) is 5.75 Å². The van der Waals surface area contributed by atoms with Crippen molar-refractivity contribution in [1.29, 1.82) is 0 Å². The summed E-state index contributed by atoms with van der Waals surface area (Å²) in [5, 5.41) is 8.20. The van der Waals surface area contributed by atoms with E-state index in [4.69, 9.17) is 4.74 Å². The normalized spacial score (nSPS) is 16.5. The Bertz CT molecular complexity index is 751. The maximum Gasteiger partial charge on any atom is 0.319 e. The van der Waals surface area contributed by atoms with Gasteiger partial charge in [-0.15, -0.1) is 0 Å². The number of carbonyl (C=O) groups is 2. The molecule has 1 aromatic heterocycles. The zero-order valence-corrected chi connectivity index (χ0v) is 14.4. The monoisotopic (exact) mass is 354 g/mol. The Balaban J connectivity index is 1.54. The number of urea groups is 1. The molecule has 0 bridgehead atoms. The molecule has 26 heavy (non-hydrogen) atoms. The first-order chi connectivity index (χ1) is 12.7. The smallest absolute Gasteiger partial charge is 0.319 e. The minimum atomic E-state index is -0.499. The van der Waals surface area contributed by atoms with Gasteiger partial charge in [-0.1, -0.05) is 18.2 Å². The van der Waals surface area contributed by atoms with Crippen LogP contribution >= 0.6 is 0 Å². The molecule has 0 radical (unpaired) electrons. The fraction of sp³-hybridized carbons (Fsp3) is 0.316. The lowest BCUT2D eigenvalue weighted by molar-refractivity contribution is -0.124. The second-order valence-corrected chi connectivity index (χ2v) is 6.00. The molecule has 0 spiro atoms. The van der Waals surface area contributed by atoms with Crippen molar-refractivity contribution >= 4 is 17.6 Å². The van der Waals surface area contributed by atoms with E-state index in [2.05, 4.69) is 20.9 Å². The number of ether oxygens (including phenoxy) is 1. The van der Waals surface area contributed by atoms with Gasteiger partial charge in [0.25, 0.3) is 0 Å². The number of hydrogen-bond acceptors (Lipinski definition) is 4. The summed E-state index contributed by atoms with van der Waals surface area (Å²) in [6, 6.07) is 12.0. The van der Waals surface area contributed by atoms with Crippen molar-refractivity contribution in [2.75, 3.05) is 18.5 Å². The van der Waals surface area contributed by atoms with Crippen molar-refractivity contribution in [1.82, 2.24) is 15.6 Å². The maximum atomic E-state index is 12.2. The molecule has 0 aliphatic carbocycles. The molecule has 3 rings (SSSR count). The first-order valence-electron chi connectivity index (χ1n) is 8.69. The van der Waals surface area contributed by atoms with E-state index in [1.165, 1.54) is 0 Å². The molecular weight excluding hydrogens is 332 g/mol. The number of nitrogens with one attached hydrogen (secondary N) is 3. The highest BCUT2D eigenvalue weighted by molar-refractivity contribution is 5.94. The quantitative estimate of drug-likeness (QED) is 0.741. The summed E-state index contributed by atoms with van der Waals surface area (Å²) >= 11 is 0. The van der Waals surface area contributed by atoms with Crippen molar-refractivity contribution in [3.8, 4) is 5.75 Å². The third-order valence-electron chi connectivity index (χ3n) is 4.07. The van der Waals surface area contributed by atoms with E-state index in [0.29, 0.717) is 37.4 Å². The molecule has 1 atom stereocenters. The average Bonchev–Trinajstić information content (AvgIpc) is 2.66. The van der Waals surface area contributed by atoms with E-state index in [0.717, 1.165) is 12.1 Å². The Hall–Kier alpha value is -3.09. The minimum Gasteiger partial charge on any atom is -0.491 e. The molecule has 0 saturated carbocycles. The van der Waals surface area contributed by atoms with Crippen LogP contribution in [-0.2, 0) is 11.2 Å². The Morgan fingerprint density at radius 2 is 2.08 bits per heavy atom. The molecule has 7 nitrogen and oxygen atoms in total. The molecular formula is C19H22N4O3. The molecule has 1 aliphatic heterocycles. The third kappa shape index (κ3) is 4.95. The summed E-state index contributed by atoms with van der Waals surface area (Å²) < 4.78 is 5.79. The van der Waals surface area contributed by atoms with Gasteiger partial charge in [-0.05, 0) is 37.1 Å². The molecule has 0 unspecified atom stereocenters. The summed E-state index contributed by atoms with van der Waals surface area (Å²) in [6.45, 7) is 1.11. The molecule has 2 aromatic rings. The summed E-state index contributed by atoms with van der Waals surface area (Å²) in [6.07, 6.45) is 3.91. The second kappa shape index (κ2) is 8.84. The van der Waals surface area contributed by atoms with Crippen LogP contribution in [0.25, 0.3) is 0 Å². The number of nitrogens with zero attached hydrogens (tertiary/aromatic N) is 1. The number of rotatable bonds is 6. The van der Waals surface area contributed by atoms with Crippen molar-refractivity contribution < 1.29 is 14.3 Å². The molecule has 1 fully saturated rings. The summed E-state index contributed by atoms with van der Waals surface area (Å²) in [7, 11) is 0. The Kier molecular flexibility index (Phi) is 6.03. The zero-order chi connectivity index (χ0) is 18.2. The fourth-order valence-electron chi connectivity index (χ4n) is 2.73. The van der Waals surface area contributed by atoms with Crippen LogP contribution in [0.1, 0.15) is 18.5 Å². The summed E-state index contributed by atoms with van der Waals surface area (Å²) in [5.41, 5.74) is 1.50. The highest BCUT2D eigenvalue weighted by Crippen LogP contribution is 2.23. The van der Waals surface area contributed by atoms with Crippen LogP contribution < -0.4 is 20.7 Å². The number of pyridine rings is 1. The topological polar surface area (TPSA) is 92.3 Å². The van der Waals surface area contributed by atoms with Gasteiger partial charge in [0.1, 0.15) is 11.8 Å². The maximum absolute atomic E-state index is 12.2. The predicted molar refractivity (Wildman–Crippen MR) is 98.1 cm³/mol. The lowest BCUT2D eigenvalue weighted by Crippen LogP contribution is -2.51. The largest absolute Gasteiger partial charge is 0.491 e. The first-order valence-corrected chi connectivity index (χ1v) is 8.69. The fourth-order valence-corrected chi connectivity index (χ4v) is 2.73. The van der Waals surface area contributed by atoms with E-state index in [-0.39, 0.29) is 5.91 Å². The molecule has 3 N–H and O–H groups in total. The van der Waals surface area contributed by atoms with Crippen LogP contribution in [-0.4, -0.2) is 36.1 Å². The van der Waals surface area contributed by atoms with Crippen molar-refractivity contribution in [2.24, 2.45) is 0 Å². The van der Waals surface area contributed by atoms with E-state index < -0.39 is 12.1 Å². The molecule has 1 saturated heterocycles. The van der Waals surface area contributed by atoms with Gasteiger partial charge in [-0.3, -0.25) is 9.78 Å². The van der Waals surface area contributed by atoms with E-state index in [1.54, 1.807) is 18.3 Å². The lowest BCUT2D eigenvalue weighted by Gasteiger charge is -2.23. The number of anilines is 1. The van der Waals surface area contributed by atoms with Gasteiger partial charge in [0.15, 0.2) is 0 Å². The van der Waals surface area contributed by atoms with Crippen molar-refractivity contribution in [3.05, 3.63) is 54.4 Å². The Morgan fingerprint density at radius 3 is 2.88 bits per heavy atom. The number of aromatic nitrogens is 1. The van der Waals surface area contributed by atoms with Gasteiger partial charge in [0, 0.05) is 24.9 Å². The standard InChI is InChI=1S/C19H22N4O3/c24-18-16(8-5-12-21-18)23-19(25)22-15-7-1-2-9-17(15)26-13-10-14-6-3-4-11-20-14/h1-4,6-7,9,11,16H,5,8,10,12-13H2,(H,21,24)(H2,22,23,25)/t16-/m0/s1. The van der Waals surface area contributed by atoms with Gasteiger partial charge in [-0.25, -0.2) is 4.79 Å². The average molecular weight is 354 g/mol. The molecule has 3 amide bonds. The Morgan fingerprint density at radius 1 is 1.23 bits per heavy atom. The first kappa shape index (κ1) is 17.7. The van der Waals surface area contributed by atoms with Gasteiger partial charge in [0.2, 0.25) is 5.91 Å². The van der Waals surface area contributed by atoms with E-state index in [1.807, 2.05) is 30.3 Å². The number of para-hydroxylation sites is 2. The molecule has 136 valence electrons. The van der Waals surface area contributed by atoms with Crippen molar-refractivity contribution in [3.63, 3.8) is 0 Å². The second-order valence-electron chi connectivity index (χ2n) is 6.00. The number of amides is 3. The molecule has 1 aromatic carbocycles. The predicted octanol–water partition coefficient (Wildman–Crippen LogP) is 2.10. The van der Waals surface area contributed by atoms with Gasteiger partial charge < -0.3 is 20.7 Å². The minimum absolute atomic E-state index is 0.147. The highest BCUT2D eigenvalue weighted by atomic mass is 16.5. The number of hydrogen-bond donors (Lipinski definition) is 3. The number of carbonyl (C=O) groups excluding carboxylic acids is 2. The van der Waals surface area contributed by atoms with E-state index in [9.17, 15) is 9.59 Å². The SMILES string of the molecule is O=C(Nc1ccccc1OCCc1ccccn1)N[C@H]1CCCNC1=O. The summed E-state index contributed by atoms with van der Waals surface area (Å²) in [5.74, 6) is 0.429. The number of benzene rings is 1. The van der Waals surface area contributed by atoms with Gasteiger partial charge >= 0.3 is 6.03 Å². The van der Waals surface area contributed by atoms with Gasteiger partial charge in [-0.2, -0.15) is 0 Å². The van der Waals surface area contributed by atoms with Gasteiger partial charge in [0.05, 0.1) is 12.3 Å². The summed E-state index contributed by atoms with van der Waals surface area (Å²) in [4.78, 5) is 28.2. The Labute approximate surface area is 152 Å². The zero-order valence-electron chi connectivity index (χ0n) is 14.4. The van der Waals surface area contributed by atoms with Crippen LogP contribution in [0.15, 0.2) is 48.7 Å². The van der Waals surface area contributed by atoms with Crippen LogP contribution in [0.2, 0.25) is 0 Å². The molecule has 2 heterocycles. The molecule has 1 aliphatic rings. The van der Waals surface area contributed by atoms with Crippen LogP contribution in [0, 0.1) is 0 Å².